The summed E-state index contributed by atoms with van der Waals surface area (Å²) < 4.78 is 0. The SMILES string of the molecule is CC(=O)Nc1ccccc1NC1CCN([C@@H]2CCCC[C@@H]2c2ccccc2)CC1. The number of rotatable bonds is 5. The Bertz CT molecular complexity index is 799. The second kappa shape index (κ2) is 9.45. The number of nitrogens with one attached hydrogen (secondary N) is 2. The first-order valence-corrected chi connectivity index (χ1v) is 11.1. The van der Waals surface area contributed by atoms with Crippen molar-refractivity contribution in [1.29, 1.82) is 0 Å². The van der Waals surface area contributed by atoms with E-state index in [4.69, 9.17) is 0 Å². The van der Waals surface area contributed by atoms with Crippen LogP contribution < -0.4 is 10.6 Å². The number of amides is 1. The summed E-state index contributed by atoms with van der Waals surface area (Å²) in [6.45, 7) is 3.85. The molecule has 1 amide bonds. The number of anilines is 2. The lowest BCUT2D eigenvalue weighted by molar-refractivity contribution is -0.114. The summed E-state index contributed by atoms with van der Waals surface area (Å²) in [5.41, 5.74) is 3.42. The van der Waals surface area contributed by atoms with Crippen LogP contribution in [0, 0.1) is 0 Å². The van der Waals surface area contributed by atoms with E-state index in [1.165, 1.54) is 31.2 Å². The molecule has 2 aromatic carbocycles. The minimum Gasteiger partial charge on any atom is -0.381 e. The summed E-state index contributed by atoms with van der Waals surface area (Å²) in [6, 6.07) is 20.3. The molecule has 0 spiro atoms. The van der Waals surface area contributed by atoms with Crippen molar-refractivity contribution in [2.75, 3.05) is 23.7 Å². The van der Waals surface area contributed by atoms with Crippen molar-refractivity contribution in [2.45, 2.75) is 63.5 Å². The van der Waals surface area contributed by atoms with E-state index < -0.39 is 0 Å². The molecule has 4 rings (SSSR count). The van der Waals surface area contributed by atoms with Gasteiger partial charge in [-0.25, -0.2) is 0 Å². The molecule has 1 aliphatic carbocycles. The van der Waals surface area contributed by atoms with Gasteiger partial charge in [0.15, 0.2) is 0 Å². The molecule has 2 fully saturated rings. The van der Waals surface area contributed by atoms with Crippen LogP contribution in [0.25, 0.3) is 0 Å². The summed E-state index contributed by atoms with van der Waals surface area (Å²) in [5, 5.41) is 6.62. The van der Waals surface area contributed by atoms with Gasteiger partial charge in [-0.05, 0) is 49.3 Å². The van der Waals surface area contributed by atoms with Crippen molar-refractivity contribution in [1.82, 2.24) is 4.90 Å². The minimum absolute atomic E-state index is 0.0293. The first-order chi connectivity index (χ1) is 14.2. The number of benzene rings is 2. The Labute approximate surface area is 174 Å². The predicted molar refractivity (Wildman–Crippen MR) is 120 cm³/mol. The zero-order valence-electron chi connectivity index (χ0n) is 17.4. The van der Waals surface area contributed by atoms with Gasteiger partial charge in [0, 0.05) is 32.1 Å². The molecule has 2 N–H and O–H groups in total. The standard InChI is InChI=1S/C25H33N3O/c1-19(29)26-23-12-6-7-13-24(23)27-21-15-17-28(18-16-21)25-14-8-5-11-22(25)20-9-3-2-4-10-20/h2-4,6-7,9-10,12-13,21-22,25,27H,5,8,11,14-18H2,1H3,(H,26,29)/t22-,25-/m1/s1. The molecule has 1 saturated heterocycles. The van der Waals surface area contributed by atoms with E-state index in [1.54, 1.807) is 6.92 Å². The average Bonchev–Trinajstić information content (AvgIpc) is 2.76. The van der Waals surface area contributed by atoms with Crippen molar-refractivity contribution in [3.8, 4) is 0 Å². The molecular formula is C25H33N3O. The molecule has 2 atom stereocenters. The quantitative estimate of drug-likeness (QED) is 0.732. The fraction of sp³-hybridized carbons (Fsp3) is 0.480. The van der Waals surface area contributed by atoms with E-state index in [-0.39, 0.29) is 5.91 Å². The minimum atomic E-state index is -0.0293. The second-order valence-electron chi connectivity index (χ2n) is 8.55. The Morgan fingerprint density at radius 2 is 1.52 bits per heavy atom. The first-order valence-electron chi connectivity index (χ1n) is 11.1. The van der Waals surface area contributed by atoms with Gasteiger partial charge in [-0.15, -0.1) is 0 Å². The number of para-hydroxylation sites is 2. The second-order valence-corrected chi connectivity index (χ2v) is 8.55. The molecule has 4 nitrogen and oxygen atoms in total. The summed E-state index contributed by atoms with van der Waals surface area (Å²) in [7, 11) is 0. The van der Waals surface area contributed by atoms with Gasteiger partial charge in [-0.2, -0.15) is 0 Å². The Morgan fingerprint density at radius 3 is 2.24 bits per heavy atom. The molecule has 0 bridgehead atoms. The molecule has 1 aliphatic heterocycles. The van der Waals surface area contributed by atoms with Gasteiger partial charge in [0.2, 0.25) is 5.91 Å². The third-order valence-electron chi connectivity index (χ3n) is 6.55. The van der Waals surface area contributed by atoms with Crippen LogP contribution in [0.4, 0.5) is 11.4 Å². The van der Waals surface area contributed by atoms with Gasteiger partial charge < -0.3 is 10.6 Å². The highest BCUT2D eigenvalue weighted by Crippen LogP contribution is 2.37. The number of nitrogens with zero attached hydrogens (tertiary/aromatic N) is 1. The molecule has 1 heterocycles. The fourth-order valence-corrected chi connectivity index (χ4v) is 5.14. The highest BCUT2D eigenvalue weighted by molar-refractivity contribution is 5.92. The number of piperidine rings is 1. The summed E-state index contributed by atoms with van der Waals surface area (Å²) >= 11 is 0. The normalized spacial score (nSPS) is 23.5. The average molecular weight is 392 g/mol. The van der Waals surface area contributed by atoms with Gasteiger partial charge in [0.25, 0.3) is 0 Å². The Hall–Kier alpha value is -2.33. The lowest BCUT2D eigenvalue weighted by Crippen LogP contribution is -2.47. The van der Waals surface area contributed by atoms with Crippen LogP contribution in [-0.4, -0.2) is 36.0 Å². The molecule has 1 saturated carbocycles. The summed E-state index contributed by atoms with van der Waals surface area (Å²) in [6.07, 6.45) is 7.64. The number of hydrogen-bond donors (Lipinski definition) is 2. The number of carbonyl (C=O) groups is 1. The van der Waals surface area contributed by atoms with Gasteiger partial charge in [0.05, 0.1) is 11.4 Å². The van der Waals surface area contributed by atoms with Gasteiger partial charge in [0.1, 0.15) is 0 Å². The first kappa shape index (κ1) is 20.0. The van der Waals surface area contributed by atoms with Crippen LogP contribution in [0.5, 0.6) is 0 Å². The number of hydrogen-bond acceptors (Lipinski definition) is 3. The van der Waals surface area contributed by atoms with E-state index >= 15 is 0 Å². The molecule has 29 heavy (non-hydrogen) atoms. The van der Waals surface area contributed by atoms with Crippen molar-refractivity contribution in [3.05, 3.63) is 60.2 Å². The van der Waals surface area contributed by atoms with Crippen LogP contribution in [0.1, 0.15) is 56.9 Å². The lowest BCUT2D eigenvalue weighted by atomic mass is 9.78. The maximum Gasteiger partial charge on any atom is 0.221 e. The van der Waals surface area contributed by atoms with Crippen molar-refractivity contribution in [3.63, 3.8) is 0 Å². The van der Waals surface area contributed by atoms with E-state index in [0.717, 1.165) is 37.3 Å². The lowest BCUT2D eigenvalue weighted by Gasteiger charge is -2.44. The van der Waals surface area contributed by atoms with E-state index in [1.807, 2.05) is 18.2 Å². The third kappa shape index (κ3) is 4.99. The third-order valence-corrected chi connectivity index (χ3v) is 6.55. The van der Waals surface area contributed by atoms with E-state index in [2.05, 4.69) is 51.9 Å². The smallest absolute Gasteiger partial charge is 0.221 e. The highest BCUT2D eigenvalue weighted by Gasteiger charge is 2.33. The predicted octanol–water partition coefficient (Wildman–Crippen LogP) is 5.25. The van der Waals surface area contributed by atoms with Crippen LogP contribution in [0.3, 0.4) is 0 Å². The van der Waals surface area contributed by atoms with E-state index in [9.17, 15) is 4.79 Å². The summed E-state index contributed by atoms with van der Waals surface area (Å²) in [5.74, 6) is 0.647. The maximum atomic E-state index is 11.5. The van der Waals surface area contributed by atoms with Crippen LogP contribution >= 0.6 is 0 Å². The van der Waals surface area contributed by atoms with Crippen LogP contribution in [0.15, 0.2) is 54.6 Å². The van der Waals surface area contributed by atoms with Crippen molar-refractivity contribution < 1.29 is 4.79 Å². The largest absolute Gasteiger partial charge is 0.381 e. The number of likely N-dealkylation sites (tertiary alicyclic amines) is 1. The monoisotopic (exact) mass is 391 g/mol. The molecule has 2 aliphatic rings. The van der Waals surface area contributed by atoms with Gasteiger partial charge in [-0.3, -0.25) is 9.69 Å². The van der Waals surface area contributed by atoms with Gasteiger partial charge >= 0.3 is 0 Å². The van der Waals surface area contributed by atoms with Crippen LogP contribution in [-0.2, 0) is 4.79 Å². The molecule has 0 unspecified atom stereocenters. The molecule has 0 radical (unpaired) electrons. The van der Waals surface area contributed by atoms with E-state index in [0.29, 0.717) is 18.0 Å². The topological polar surface area (TPSA) is 44.4 Å². The zero-order valence-corrected chi connectivity index (χ0v) is 17.4. The molecular weight excluding hydrogens is 358 g/mol. The Balaban J connectivity index is 1.37. The highest BCUT2D eigenvalue weighted by atomic mass is 16.1. The summed E-state index contributed by atoms with van der Waals surface area (Å²) in [4.78, 5) is 14.2. The van der Waals surface area contributed by atoms with Crippen molar-refractivity contribution in [2.24, 2.45) is 0 Å². The Kier molecular flexibility index (Phi) is 6.50. The van der Waals surface area contributed by atoms with Crippen molar-refractivity contribution >= 4 is 17.3 Å². The van der Waals surface area contributed by atoms with Gasteiger partial charge in [-0.1, -0.05) is 55.3 Å². The molecule has 0 aromatic heterocycles. The fourth-order valence-electron chi connectivity index (χ4n) is 5.14. The molecule has 2 aromatic rings. The maximum absolute atomic E-state index is 11.5. The Morgan fingerprint density at radius 1 is 0.862 bits per heavy atom. The molecule has 4 heteroatoms. The molecule has 154 valence electrons. The van der Waals surface area contributed by atoms with Crippen LogP contribution in [0.2, 0.25) is 0 Å². The number of carbonyl (C=O) groups excluding carboxylic acids is 1. The zero-order chi connectivity index (χ0) is 20.1.